The molecule has 0 radical (unpaired) electrons. The minimum Gasteiger partial charge on any atom is -0.490 e. The highest BCUT2D eigenvalue weighted by atomic mass is 35.5. The molecule has 0 unspecified atom stereocenters. The largest absolute Gasteiger partial charge is 0.490 e. The van der Waals surface area contributed by atoms with Gasteiger partial charge in [0.2, 0.25) is 0 Å². The molecule has 3 aromatic carbocycles. The van der Waals surface area contributed by atoms with Gasteiger partial charge in [-0.1, -0.05) is 17.7 Å². The van der Waals surface area contributed by atoms with Crippen LogP contribution in [0.1, 0.15) is 18.1 Å². The van der Waals surface area contributed by atoms with Crippen LogP contribution in [0.25, 0.3) is 6.08 Å². The number of amides is 2. The molecule has 2 amide bonds. The molecule has 0 aromatic heterocycles. The summed E-state index contributed by atoms with van der Waals surface area (Å²) in [6.07, 6.45) is -3.44. The Hall–Kier alpha value is -4.56. The molecule has 7 nitrogen and oxygen atoms in total. The summed E-state index contributed by atoms with van der Waals surface area (Å²) < 4.78 is 63.0. The normalized spacial score (nSPS) is 11.4. The fourth-order valence-electron chi connectivity index (χ4n) is 3.23. The maximum Gasteiger partial charge on any atom is 0.416 e. The molecule has 0 atom stereocenters. The number of rotatable bonds is 9. The van der Waals surface area contributed by atoms with Gasteiger partial charge in [-0.25, -0.2) is 4.39 Å². The molecule has 202 valence electrons. The Bertz CT molecular complexity index is 1430. The first kappa shape index (κ1) is 29.0. The third-order valence-corrected chi connectivity index (χ3v) is 5.21. The molecule has 0 fully saturated rings. The summed E-state index contributed by atoms with van der Waals surface area (Å²) in [6.45, 7) is 1.41. The van der Waals surface area contributed by atoms with Gasteiger partial charge in [0.15, 0.2) is 18.1 Å². The Labute approximate surface area is 225 Å². The smallest absolute Gasteiger partial charge is 0.416 e. The zero-order valence-electron chi connectivity index (χ0n) is 20.2. The van der Waals surface area contributed by atoms with Crippen molar-refractivity contribution in [2.24, 2.45) is 0 Å². The minimum atomic E-state index is -4.60. The van der Waals surface area contributed by atoms with Gasteiger partial charge in [0.25, 0.3) is 11.8 Å². The van der Waals surface area contributed by atoms with Gasteiger partial charge in [-0.3, -0.25) is 9.59 Å². The van der Waals surface area contributed by atoms with Crippen molar-refractivity contribution in [3.8, 4) is 17.6 Å². The van der Waals surface area contributed by atoms with Gasteiger partial charge in [-0.15, -0.1) is 0 Å². The number of alkyl halides is 3. The molecule has 12 heteroatoms. The lowest BCUT2D eigenvalue weighted by Gasteiger charge is -2.15. The maximum absolute atomic E-state index is 13.0. The Balaban J connectivity index is 1.77. The second kappa shape index (κ2) is 12.8. The molecule has 39 heavy (non-hydrogen) atoms. The fraction of sp³-hybridized carbons (Fsp3) is 0.148. The van der Waals surface area contributed by atoms with E-state index in [0.29, 0.717) is 5.69 Å². The van der Waals surface area contributed by atoms with Crippen LogP contribution in [0.3, 0.4) is 0 Å². The van der Waals surface area contributed by atoms with Gasteiger partial charge in [0.05, 0.1) is 17.2 Å². The van der Waals surface area contributed by atoms with Crippen LogP contribution in [0.15, 0.2) is 66.2 Å². The summed E-state index contributed by atoms with van der Waals surface area (Å²) in [5.74, 6) is -1.82. The van der Waals surface area contributed by atoms with Crippen LogP contribution in [0.4, 0.5) is 28.9 Å². The number of hydrogen-bond donors (Lipinski definition) is 2. The predicted molar refractivity (Wildman–Crippen MR) is 137 cm³/mol. The lowest BCUT2D eigenvalue weighted by molar-refractivity contribution is -0.137. The Morgan fingerprint density at radius 2 is 1.74 bits per heavy atom. The van der Waals surface area contributed by atoms with E-state index in [0.717, 1.165) is 18.2 Å². The van der Waals surface area contributed by atoms with Crippen molar-refractivity contribution < 1.29 is 36.6 Å². The highest BCUT2D eigenvalue weighted by Crippen LogP contribution is 2.37. The van der Waals surface area contributed by atoms with Crippen LogP contribution >= 0.6 is 11.6 Å². The summed E-state index contributed by atoms with van der Waals surface area (Å²) in [5, 5.41) is 14.3. The number of nitrogens with zero attached hydrogens (tertiary/aromatic N) is 1. The van der Waals surface area contributed by atoms with E-state index < -0.39 is 41.6 Å². The highest BCUT2D eigenvalue weighted by Gasteiger charge is 2.30. The monoisotopic (exact) mass is 561 g/mol. The third kappa shape index (κ3) is 8.21. The Morgan fingerprint density at radius 3 is 2.38 bits per heavy atom. The molecule has 0 saturated heterocycles. The van der Waals surface area contributed by atoms with Crippen molar-refractivity contribution in [3.63, 3.8) is 0 Å². The molecule has 3 rings (SSSR count). The van der Waals surface area contributed by atoms with E-state index in [-0.39, 0.29) is 34.4 Å². The van der Waals surface area contributed by atoms with Gasteiger partial charge < -0.3 is 20.1 Å². The van der Waals surface area contributed by atoms with Crippen molar-refractivity contribution in [1.29, 1.82) is 5.26 Å². The number of nitriles is 1. The van der Waals surface area contributed by atoms with Gasteiger partial charge in [0, 0.05) is 11.4 Å². The van der Waals surface area contributed by atoms with Crippen LogP contribution in [-0.4, -0.2) is 25.0 Å². The van der Waals surface area contributed by atoms with E-state index in [2.05, 4.69) is 10.6 Å². The second-order valence-corrected chi connectivity index (χ2v) is 8.22. The molecular formula is C27H20ClF4N3O4. The average molecular weight is 562 g/mol. The molecule has 0 saturated carbocycles. The van der Waals surface area contributed by atoms with Gasteiger partial charge >= 0.3 is 6.18 Å². The molecule has 0 heterocycles. The van der Waals surface area contributed by atoms with Gasteiger partial charge in [-0.2, -0.15) is 18.4 Å². The van der Waals surface area contributed by atoms with Crippen LogP contribution in [0.2, 0.25) is 5.02 Å². The lowest BCUT2D eigenvalue weighted by atomic mass is 10.1. The van der Waals surface area contributed by atoms with Gasteiger partial charge in [0.1, 0.15) is 17.5 Å². The number of ether oxygens (including phenoxy) is 2. The van der Waals surface area contributed by atoms with E-state index in [1.807, 2.05) is 0 Å². The van der Waals surface area contributed by atoms with E-state index >= 15 is 0 Å². The molecular weight excluding hydrogens is 542 g/mol. The number of nitrogens with one attached hydrogen (secondary N) is 2. The summed E-state index contributed by atoms with van der Waals surface area (Å²) in [5.41, 5.74) is -0.917. The number of benzene rings is 3. The van der Waals surface area contributed by atoms with Crippen molar-refractivity contribution in [3.05, 3.63) is 88.2 Å². The minimum absolute atomic E-state index is 0.00245. The highest BCUT2D eigenvalue weighted by molar-refractivity contribution is 6.32. The summed E-state index contributed by atoms with van der Waals surface area (Å²) in [4.78, 5) is 24.8. The first-order valence-electron chi connectivity index (χ1n) is 11.2. The molecule has 3 aromatic rings. The Morgan fingerprint density at radius 1 is 1.03 bits per heavy atom. The van der Waals surface area contributed by atoms with Crippen LogP contribution in [-0.2, 0) is 15.8 Å². The number of hydrogen-bond acceptors (Lipinski definition) is 5. The first-order valence-corrected chi connectivity index (χ1v) is 11.6. The number of halogens is 5. The molecule has 0 aliphatic rings. The van der Waals surface area contributed by atoms with Gasteiger partial charge in [-0.05, 0) is 73.2 Å². The standard InChI is InChI=1S/C27H20ClF4N3O4/c1-2-38-23-12-16(10-17(14-33)26(37)35-21-5-3-4-18(13-21)27(30,31)32)11-22(28)25(23)39-15-24(36)34-20-8-6-19(29)7-9-20/h3-13H,2,15H2,1H3,(H,34,36)(H,35,37)/b17-10-. The Kier molecular flexibility index (Phi) is 9.52. The second-order valence-electron chi connectivity index (χ2n) is 7.81. The van der Waals surface area contributed by atoms with Crippen molar-refractivity contribution in [1.82, 2.24) is 0 Å². The molecule has 2 N–H and O–H groups in total. The summed E-state index contributed by atoms with van der Waals surface area (Å²) >= 11 is 6.33. The summed E-state index contributed by atoms with van der Waals surface area (Å²) in [7, 11) is 0. The zero-order valence-corrected chi connectivity index (χ0v) is 21.0. The predicted octanol–water partition coefficient (Wildman–Crippen LogP) is 6.46. The lowest BCUT2D eigenvalue weighted by Crippen LogP contribution is -2.20. The summed E-state index contributed by atoms with van der Waals surface area (Å²) in [6, 6.07) is 13.6. The van der Waals surface area contributed by atoms with Crippen LogP contribution < -0.4 is 20.1 Å². The van der Waals surface area contributed by atoms with Crippen molar-refractivity contribution in [2.75, 3.05) is 23.8 Å². The topological polar surface area (TPSA) is 100 Å². The molecule has 0 spiro atoms. The van der Waals surface area contributed by atoms with Crippen LogP contribution in [0.5, 0.6) is 11.5 Å². The van der Waals surface area contributed by atoms with Crippen molar-refractivity contribution >= 4 is 40.9 Å². The molecule has 0 bridgehead atoms. The SMILES string of the molecule is CCOc1cc(/C=C(/C#N)C(=O)Nc2cccc(C(F)(F)F)c2)cc(Cl)c1OCC(=O)Nc1ccc(F)cc1. The average Bonchev–Trinajstić information content (AvgIpc) is 2.88. The zero-order chi connectivity index (χ0) is 28.6. The number of carbonyl (C=O) groups is 2. The van der Waals surface area contributed by atoms with E-state index in [1.54, 1.807) is 13.0 Å². The third-order valence-electron chi connectivity index (χ3n) is 4.93. The quantitative estimate of drug-likeness (QED) is 0.177. The molecule has 0 aliphatic heterocycles. The van der Waals surface area contributed by atoms with E-state index in [9.17, 15) is 32.4 Å². The van der Waals surface area contributed by atoms with E-state index in [1.165, 1.54) is 48.5 Å². The molecule has 0 aliphatic carbocycles. The number of anilines is 2. The number of carbonyl (C=O) groups excluding carboxylic acids is 2. The van der Waals surface area contributed by atoms with Crippen molar-refractivity contribution in [2.45, 2.75) is 13.1 Å². The first-order chi connectivity index (χ1) is 18.5. The van der Waals surface area contributed by atoms with Crippen LogP contribution in [0, 0.1) is 17.1 Å². The maximum atomic E-state index is 13.0. The fourth-order valence-corrected chi connectivity index (χ4v) is 3.50. The van der Waals surface area contributed by atoms with E-state index in [4.69, 9.17) is 21.1 Å².